The molecule has 1 fully saturated rings. The van der Waals surface area contributed by atoms with Crippen molar-refractivity contribution < 1.29 is 18.8 Å². The van der Waals surface area contributed by atoms with E-state index in [0.717, 1.165) is 16.7 Å². The molecule has 34 heavy (non-hydrogen) atoms. The number of hydroxylamine groups is 2. The Kier molecular flexibility index (Phi) is 6.42. The summed E-state index contributed by atoms with van der Waals surface area (Å²) in [7, 11) is 0. The van der Waals surface area contributed by atoms with E-state index in [0.29, 0.717) is 30.8 Å². The Balaban J connectivity index is 1.69. The monoisotopic (exact) mass is 464 g/mol. The predicted molar refractivity (Wildman–Crippen MR) is 130 cm³/mol. The lowest BCUT2D eigenvalue weighted by Gasteiger charge is -2.38. The Morgan fingerprint density at radius 1 is 0.853 bits per heavy atom. The summed E-state index contributed by atoms with van der Waals surface area (Å²) in [5.74, 6) is -0.738. The van der Waals surface area contributed by atoms with E-state index >= 15 is 0 Å². The molecule has 2 heterocycles. The van der Waals surface area contributed by atoms with E-state index in [2.05, 4.69) is 11.0 Å². The van der Waals surface area contributed by atoms with Crippen molar-refractivity contribution in [3.8, 4) is 0 Å². The first-order valence-electron chi connectivity index (χ1n) is 11.4. The second-order valence-corrected chi connectivity index (χ2v) is 10.1. The minimum Gasteiger partial charge on any atom is -0.312 e. The van der Waals surface area contributed by atoms with Crippen molar-refractivity contribution in [2.75, 3.05) is 19.6 Å². The largest absolute Gasteiger partial charge is 0.312 e. The standard InChI is InChI=1S/C28H30F2N2O2/c1-27(2)15-23(28(3,4)32(27)34)18-31-16-21(13-19-5-9-24(29)10-6-19)26(33)22(17-31)14-20-7-11-25(30)12-8-20/h5-15,34H,16-18H2,1-4H3/b21-13+,22-14?. The molecule has 0 unspecified atom stereocenters. The van der Waals surface area contributed by atoms with Gasteiger partial charge in [-0.15, -0.1) is 0 Å². The number of ketones is 1. The molecule has 2 aromatic rings. The molecule has 1 N–H and O–H groups in total. The van der Waals surface area contributed by atoms with Crippen LogP contribution in [0.5, 0.6) is 0 Å². The molecular formula is C28H30F2N2O2. The number of carbonyl (C=O) groups excluding carboxylic acids is 1. The highest BCUT2D eigenvalue weighted by atomic mass is 19.1. The fourth-order valence-corrected chi connectivity index (χ4v) is 4.74. The van der Waals surface area contributed by atoms with E-state index in [1.165, 1.54) is 29.3 Å². The van der Waals surface area contributed by atoms with Gasteiger partial charge in [0.2, 0.25) is 0 Å². The first kappa shape index (κ1) is 24.2. The third-order valence-corrected chi connectivity index (χ3v) is 6.58. The van der Waals surface area contributed by atoms with E-state index in [9.17, 15) is 18.8 Å². The van der Waals surface area contributed by atoms with E-state index in [4.69, 9.17) is 0 Å². The van der Waals surface area contributed by atoms with Gasteiger partial charge in [-0.2, -0.15) is 5.06 Å². The van der Waals surface area contributed by atoms with Crippen LogP contribution in [0.1, 0.15) is 38.8 Å². The Morgan fingerprint density at radius 2 is 1.29 bits per heavy atom. The Hall–Kier alpha value is -2.93. The minimum absolute atomic E-state index is 0.0753. The number of benzene rings is 2. The van der Waals surface area contributed by atoms with Crippen LogP contribution < -0.4 is 0 Å². The summed E-state index contributed by atoms with van der Waals surface area (Å²) < 4.78 is 26.7. The van der Waals surface area contributed by atoms with Crippen LogP contribution in [-0.2, 0) is 4.79 Å². The van der Waals surface area contributed by atoms with Gasteiger partial charge in [0.05, 0.1) is 11.1 Å². The average molecular weight is 465 g/mol. The van der Waals surface area contributed by atoms with Crippen molar-refractivity contribution in [3.05, 3.63) is 94.1 Å². The molecule has 4 rings (SSSR count). The first-order chi connectivity index (χ1) is 16.0. The first-order valence-corrected chi connectivity index (χ1v) is 11.4. The van der Waals surface area contributed by atoms with Gasteiger partial charge in [-0.05, 0) is 80.8 Å². The SMILES string of the molecule is CC1(C)C=C(CN2CC(=Cc3ccc(F)cc3)C(=O)/C(=C/c3ccc(F)cc3)C2)C(C)(C)N1O. The molecule has 0 spiro atoms. The van der Waals surface area contributed by atoms with E-state index in [1.54, 1.807) is 36.4 Å². The van der Waals surface area contributed by atoms with Crippen LogP contribution in [0.25, 0.3) is 12.2 Å². The number of piperidine rings is 1. The molecule has 0 saturated carbocycles. The van der Waals surface area contributed by atoms with Crippen LogP contribution >= 0.6 is 0 Å². The van der Waals surface area contributed by atoms with Crippen LogP contribution in [-0.4, -0.2) is 51.7 Å². The predicted octanol–water partition coefficient (Wildman–Crippen LogP) is 5.50. The lowest BCUT2D eigenvalue weighted by atomic mass is 9.91. The maximum atomic E-state index is 13.4. The molecule has 0 aliphatic carbocycles. The molecule has 0 bridgehead atoms. The molecular weight excluding hydrogens is 434 g/mol. The number of halogens is 2. The maximum Gasteiger partial charge on any atom is 0.187 e. The minimum atomic E-state index is -0.549. The second-order valence-electron chi connectivity index (χ2n) is 10.1. The van der Waals surface area contributed by atoms with Crippen LogP contribution in [0.4, 0.5) is 8.78 Å². The van der Waals surface area contributed by atoms with Crippen molar-refractivity contribution in [2.24, 2.45) is 0 Å². The van der Waals surface area contributed by atoms with Gasteiger partial charge in [-0.1, -0.05) is 30.3 Å². The fourth-order valence-electron chi connectivity index (χ4n) is 4.74. The number of rotatable bonds is 4. The lowest BCUT2D eigenvalue weighted by Crippen LogP contribution is -2.49. The molecule has 0 aromatic heterocycles. The van der Waals surface area contributed by atoms with Crippen molar-refractivity contribution in [3.63, 3.8) is 0 Å². The normalized spacial score (nSPS) is 23.0. The molecule has 0 atom stereocenters. The molecule has 2 aliphatic heterocycles. The summed E-state index contributed by atoms with van der Waals surface area (Å²) in [5, 5.41) is 12.1. The number of likely N-dealkylation sites (tertiary alicyclic amines) is 1. The summed E-state index contributed by atoms with van der Waals surface area (Å²) in [6.45, 7) is 9.30. The van der Waals surface area contributed by atoms with E-state index in [-0.39, 0.29) is 17.4 Å². The summed E-state index contributed by atoms with van der Waals surface area (Å²) in [6, 6.07) is 12.1. The number of hydrogen-bond acceptors (Lipinski definition) is 4. The van der Waals surface area contributed by atoms with Gasteiger partial charge in [-0.3, -0.25) is 9.69 Å². The third-order valence-electron chi connectivity index (χ3n) is 6.58. The highest BCUT2D eigenvalue weighted by Gasteiger charge is 2.45. The molecule has 0 amide bonds. The zero-order valence-electron chi connectivity index (χ0n) is 20.0. The zero-order valence-corrected chi connectivity index (χ0v) is 20.0. The summed E-state index contributed by atoms with van der Waals surface area (Å²) in [5.41, 5.74) is 2.71. The van der Waals surface area contributed by atoms with Gasteiger partial charge in [0.1, 0.15) is 11.6 Å². The van der Waals surface area contributed by atoms with Crippen molar-refractivity contribution in [1.29, 1.82) is 0 Å². The number of carbonyl (C=O) groups is 1. The molecule has 1 saturated heterocycles. The molecule has 6 heteroatoms. The molecule has 4 nitrogen and oxygen atoms in total. The highest BCUT2D eigenvalue weighted by Crippen LogP contribution is 2.39. The van der Waals surface area contributed by atoms with Gasteiger partial charge in [0.15, 0.2) is 5.78 Å². The van der Waals surface area contributed by atoms with Crippen LogP contribution in [0, 0.1) is 11.6 Å². The van der Waals surface area contributed by atoms with Gasteiger partial charge >= 0.3 is 0 Å². The van der Waals surface area contributed by atoms with Crippen molar-refractivity contribution >= 4 is 17.9 Å². The number of Topliss-reactive ketones (excluding diaryl/α,β-unsaturated/α-hetero) is 1. The molecule has 2 aromatic carbocycles. The Labute approximate surface area is 199 Å². The van der Waals surface area contributed by atoms with Crippen molar-refractivity contribution in [2.45, 2.75) is 38.8 Å². The molecule has 178 valence electrons. The van der Waals surface area contributed by atoms with Gasteiger partial charge in [0, 0.05) is 30.8 Å². The quantitative estimate of drug-likeness (QED) is 0.479. The molecule has 2 aliphatic rings. The Morgan fingerprint density at radius 3 is 1.68 bits per heavy atom. The van der Waals surface area contributed by atoms with Gasteiger partial charge in [-0.25, -0.2) is 8.78 Å². The smallest absolute Gasteiger partial charge is 0.187 e. The van der Waals surface area contributed by atoms with Crippen LogP contribution in [0.15, 0.2) is 71.3 Å². The van der Waals surface area contributed by atoms with E-state index < -0.39 is 11.1 Å². The van der Waals surface area contributed by atoms with E-state index in [1.807, 2.05) is 27.7 Å². The number of nitrogens with zero attached hydrogens (tertiary/aromatic N) is 2. The van der Waals surface area contributed by atoms with Gasteiger partial charge in [0.25, 0.3) is 0 Å². The van der Waals surface area contributed by atoms with Gasteiger partial charge < -0.3 is 5.21 Å². The average Bonchev–Trinajstić information content (AvgIpc) is 2.93. The van der Waals surface area contributed by atoms with Crippen LogP contribution in [0.3, 0.4) is 0 Å². The zero-order chi connectivity index (χ0) is 24.7. The fraction of sp³-hybridized carbons (Fsp3) is 0.321. The van der Waals surface area contributed by atoms with Crippen LogP contribution in [0.2, 0.25) is 0 Å². The highest BCUT2D eigenvalue weighted by molar-refractivity contribution is 6.14. The third kappa shape index (κ3) is 4.94. The lowest BCUT2D eigenvalue weighted by molar-refractivity contribution is -0.185. The van der Waals surface area contributed by atoms with Crippen molar-refractivity contribution in [1.82, 2.24) is 9.96 Å². The summed E-state index contributed by atoms with van der Waals surface area (Å²) in [6.07, 6.45) is 5.67. The topological polar surface area (TPSA) is 43.8 Å². The number of hydrogen-bond donors (Lipinski definition) is 1. The summed E-state index contributed by atoms with van der Waals surface area (Å²) in [4.78, 5) is 15.5. The summed E-state index contributed by atoms with van der Waals surface area (Å²) >= 11 is 0. The maximum absolute atomic E-state index is 13.4. The second kappa shape index (κ2) is 9.02. The Bertz CT molecular complexity index is 1110. The molecule has 0 radical (unpaired) electrons.